The number of rotatable bonds is 2. The van der Waals surface area contributed by atoms with Gasteiger partial charge in [0.2, 0.25) is 0 Å². The first-order chi connectivity index (χ1) is 4.75. The van der Waals surface area contributed by atoms with Crippen LogP contribution in [0.1, 0.15) is 0 Å². The van der Waals surface area contributed by atoms with Gasteiger partial charge < -0.3 is 14.8 Å². The Kier molecular flexibility index (Phi) is 1.92. The number of nitrogens with one attached hydrogen (secondary N) is 1. The zero-order valence-electron chi connectivity index (χ0n) is 6.14. The molecule has 1 saturated heterocycles. The Hall–Kier alpha value is -0.610. The van der Waals surface area contributed by atoms with Gasteiger partial charge in [-0.1, -0.05) is 0 Å². The molecule has 1 heterocycles. The molecule has 1 aliphatic rings. The maximum absolute atomic E-state index is 11.0. The third-order valence-corrected chi connectivity index (χ3v) is 1.77. The predicted molar refractivity (Wildman–Crippen MR) is 34.6 cm³/mol. The minimum absolute atomic E-state index is 0.297. The van der Waals surface area contributed by atoms with Crippen LogP contribution >= 0.6 is 0 Å². The smallest absolute Gasteiger partial charge is 0.340 e. The van der Waals surface area contributed by atoms with E-state index in [1.165, 1.54) is 14.2 Å². The molecule has 0 radical (unpaired) electrons. The molecule has 0 aromatic rings. The fourth-order valence-electron chi connectivity index (χ4n) is 0.910. The minimum atomic E-state index is -0.700. The molecule has 0 atom stereocenters. The van der Waals surface area contributed by atoms with Crippen LogP contribution < -0.4 is 5.32 Å². The van der Waals surface area contributed by atoms with Crippen molar-refractivity contribution in [3.63, 3.8) is 0 Å². The van der Waals surface area contributed by atoms with Crippen molar-refractivity contribution in [1.82, 2.24) is 5.32 Å². The van der Waals surface area contributed by atoms with Crippen LogP contribution in [0.3, 0.4) is 0 Å². The number of esters is 1. The van der Waals surface area contributed by atoms with Crippen LogP contribution in [0.4, 0.5) is 0 Å². The first kappa shape index (κ1) is 7.50. The molecule has 0 aliphatic carbocycles. The monoisotopic (exact) mass is 145 g/mol. The molecule has 0 aromatic heterocycles. The largest absolute Gasteiger partial charge is 0.467 e. The van der Waals surface area contributed by atoms with Crippen LogP contribution in [0.2, 0.25) is 0 Å². The van der Waals surface area contributed by atoms with Gasteiger partial charge in [-0.3, -0.25) is 0 Å². The maximum atomic E-state index is 11.0. The van der Waals surface area contributed by atoms with E-state index in [1.807, 2.05) is 0 Å². The molecule has 0 amide bonds. The van der Waals surface area contributed by atoms with Gasteiger partial charge in [-0.25, -0.2) is 4.79 Å². The lowest BCUT2D eigenvalue weighted by Gasteiger charge is -2.37. The zero-order valence-corrected chi connectivity index (χ0v) is 6.14. The lowest BCUT2D eigenvalue weighted by molar-refractivity contribution is -0.172. The van der Waals surface area contributed by atoms with Gasteiger partial charge in [0.1, 0.15) is 0 Å². The third kappa shape index (κ3) is 0.892. The van der Waals surface area contributed by atoms with Gasteiger partial charge in [-0.05, 0) is 0 Å². The summed E-state index contributed by atoms with van der Waals surface area (Å²) in [6.45, 7) is 1.10. The van der Waals surface area contributed by atoms with Crippen LogP contribution in [0, 0.1) is 0 Å². The van der Waals surface area contributed by atoms with Crippen molar-refractivity contribution in [2.75, 3.05) is 27.3 Å². The molecule has 0 aromatic carbocycles. The second-order valence-corrected chi connectivity index (χ2v) is 2.29. The Labute approximate surface area is 59.5 Å². The summed E-state index contributed by atoms with van der Waals surface area (Å²) in [6, 6.07) is 0. The summed E-state index contributed by atoms with van der Waals surface area (Å²) in [5.74, 6) is -0.297. The number of methoxy groups -OCH3 is 2. The summed E-state index contributed by atoms with van der Waals surface area (Å²) in [5.41, 5.74) is -0.700. The summed E-state index contributed by atoms with van der Waals surface area (Å²) in [7, 11) is 2.87. The van der Waals surface area contributed by atoms with E-state index >= 15 is 0 Å². The average molecular weight is 145 g/mol. The van der Waals surface area contributed by atoms with Crippen molar-refractivity contribution in [2.45, 2.75) is 5.60 Å². The first-order valence-electron chi connectivity index (χ1n) is 3.09. The lowest BCUT2D eigenvalue weighted by atomic mass is 9.97. The fourth-order valence-corrected chi connectivity index (χ4v) is 0.910. The molecule has 0 saturated carbocycles. The van der Waals surface area contributed by atoms with Crippen molar-refractivity contribution in [3.8, 4) is 0 Å². The Morgan fingerprint density at radius 2 is 2.10 bits per heavy atom. The lowest BCUT2D eigenvalue weighted by Crippen LogP contribution is -2.65. The molecular weight excluding hydrogens is 134 g/mol. The highest BCUT2D eigenvalue weighted by atomic mass is 16.6. The molecule has 1 rings (SSSR count). The normalized spacial score (nSPS) is 21.4. The molecule has 1 N–H and O–H groups in total. The van der Waals surface area contributed by atoms with Gasteiger partial charge in [0.05, 0.1) is 7.11 Å². The molecule has 10 heavy (non-hydrogen) atoms. The van der Waals surface area contributed by atoms with Crippen LogP contribution in [-0.2, 0) is 14.3 Å². The standard InChI is InChI=1S/C6H11NO3/c1-9-5(8)6(10-2)3-7-4-6/h7H,3-4H2,1-2H3. The molecule has 0 unspecified atom stereocenters. The zero-order chi connectivity index (χ0) is 7.61. The Bertz CT molecular complexity index is 136. The highest BCUT2D eigenvalue weighted by Gasteiger charge is 2.45. The molecule has 4 heteroatoms. The van der Waals surface area contributed by atoms with Crippen LogP contribution in [0.5, 0.6) is 0 Å². The summed E-state index contributed by atoms with van der Waals surface area (Å²) in [6.07, 6.45) is 0. The summed E-state index contributed by atoms with van der Waals surface area (Å²) >= 11 is 0. The highest BCUT2D eigenvalue weighted by Crippen LogP contribution is 2.16. The number of carbonyl (C=O) groups excluding carboxylic acids is 1. The van der Waals surface area contributed by atoms with E-state index in [4.69, 9.17) is 4.74 Å². The molecule has 1 fully saturated rings. The molecule has 1 aliphatic heterocycles. The first-order valence-corrected chi connectivity index (χ1v) is 3.09. The van der Waals surface area contributed by atoms with E-state index in [-0.39, 0.29) is 5.97 Å². The van der Waals surface area contributed by atoms with Gasteiger partial charge in [-0.15, -0.1) is 0 Å². The van der Waals surface area contributed by atoms with Gasteiger partial charge in [0, 0.05) is 20.2 Å². The Morgan fingerprint density at radius 1 is 1.50 bits per heavy atom. The summed E-state index contributed by atoms with van der Waals surface area (Å²) in [4.78, 5) is 11.0. The van der Waals surface area contributed by atoms with Crippen molar-refractivity contribution in [1.29, 1.82) is 0 Å². The summed E-state index contributed by atoms with van der Waals surface area (Å²) in [5, 5.41) is 2.94. The van der Waals surface area contributed by atoms with Crippen molar-refractivity contribution < 1.29 is 14.3 Å². The fraction of sp³-hybridized carbons (Fsp3) is 0.833. The van der Waals surface area contributed by atoms with Gasteiger partial charge in [0.25, 0.3) is 0 Å². The molecular formula is C6H11NO3. The SMILES string of the molecule is COC(=O)C1(OC)CNC1. The molecule has 58 valence electrons. The van der Waals surface area contributed by atoms with Crippen LogP contribution in [0.15, 0.2) is 0 Å². The summed E-state index contributed by atoms with van der Waals surface area (Å²) < 4.78 is 9.53. The van der Waals surface area contributed by atoms with Crippen LogP contribution in [0.25, 0.3) is 0 Å². The van der Waals surface area contributed by atoms with E-state index in [9.17, 15) is 4.79 Å². The number of ether oxygens (including phenoxy) is 2. The second kappa shape index (κ2) is 2.56. The van der Waals surface area contributed by atoms with E-state index in [0.29, 0.717) is 13.1 Å². The molecule has 0 spiro atoms. The van der Waals surface area contributed by atoms with Gasteiger partial charge in [-0.2, -0.15) is 0 Å². The molecule has 0 bridgehead atoms. The number of carbonyl (C=O) groups is 1. The van der Waals surface area contributed by atoms with Crippen molar-refractivity contribution in [3.05, 3.63) is 0 Å². The van der Waals surface area contributed by atoms with E-state index in [0.717, 1.165) is 0 Å². The quantitative estimate of drug-likeness (QED) is 0.514. The third-order valence-electron chi connectivity index (χ3n) is 1.77. The second-order valence-electron chi connectivity index (χ2n) is 2.29. The van der Waals surface area contributed by atoms with Crippen molar-refractivity contribution in [2.24, 2.45) is 0 Å². The highest BCUT2D eigenvalue weighted by molar-refractivity contribution is 5.81. The topological polar surface area (TPSA) is 47.6 Å². The average Bonchev–Trinajstić information content (AvgIpc) is 1.86. The van der Waals surface area contributed by atoms with Crippen molar-refractivity contribution >= 4 is 5.97 Å². The maximum Gasteiger partial charge on any atom is 0.340 e. The van der Waals surface area contributed by atoms with Crippen LogP contribution in [-0.4, -0.2) is 38.9 Å². The van der Waals surface area contributed by atoms with Gasteiger partial charge in [0.15, 0.2) is 5.60 Å². The van der Waals surface area contributed by atoms with Gasteiger partial charge >= 0.3 is 5.97 Å². The minimum Gasteiger partial charge on any atom is -0.467 e. The van der Waals surface area contributed by atoms with E-state index in [1.54, 1.807) is 0 Å². The van der Waals surface area contributed by atoms with E-state index in [2.05, 4.69) is 10.1 Å². The number of hydrogen-bond acceptors (Lipinski definition) is 4. The molecule has 4 nitrogen and oxygen atoms in total. The Morgan fingerprint density at radius 3 is 2.20 bits per heavy atom. The number of hydrogen-bond donors (Lipinski definition) is 1. The van der Waals surface area contributed by atoms with E-state index < -0.39 is 5.60 Å². The predicted octanol–water partition coefficient (Wildman–Crippen LogP) is -0.852. The Balaban J connectivity index is 2.55.